The number of piperazine rings is 1. The number of benzene rings is 1. The van der Waals surface area contributed by atoms with Crippen molar-refractivity contribution < 1.29 is 27.6 Å². The number of alkyl halides is 3. The number of hydrogen-bond donors (Lipinski definition) is 0. The summed E-state index contributed by atoms with van der Waals surface area (Å²) < 4.78 is 39.0. The molecule has 0 spiro atoms. The minimum Gasteiger partial charge on any atom is -0.339 e. The van der Waals surface area contributed by atoms with Crippen LogP contribution in [0.1, 0.15) is 25.8 Å². The van der Waals surface area contributed by atoms with E-state index in [1.807, 2.05) is 13.8 Å². The molecule has 170 valence electrons. The first-order chi connectivity index (χ1) is 14.7. The molecule has 0 N–H and O–H groups in total. The van der Waals surface area contributed by atoms with E-state index in [4.69, 9.17) is 0 Å². The van der Waals surface area contributed by atoms with E-state index in [1.165, 1.54) is 17.0 Å². The molecule has 1 unspecified atom stereocenters. The maximum Gasteiger partial charge on any atom is 0.416 e. The van der Waals surface area contributed by atoms with E-state index in [0.717, 1.165) is 12.1 Å². The number of halogens is 3. The maximum absolute atomic E-state index is 13.0. The summed E-state index contributed by atoms with van der Waals surface area (Å²) in [4.78, 5) is 44.1. The number of amides is 4. The maximum atomic E-state index is 13.0. The minimum atomic E-state index is -4.50. The Bertz CT molecular complexity index is 833. The highest BCUT2D eigenvalue weighted by molar-refractivity contribution is 6.00. The first-order valence-corrected chi connectivity index (χ1v) is 10.5. The van der Waals surface area contributed by atoms with Crippen LogP contribution in [0, 0.1) is 5.92 Å². The van der Waals surface area contributed by atoms with Crippen LogP contribution in [0.4, 0.5) is 23.7 Å². The zero-order valence-corrected chi connectivity index (χ0v) is 17.7. The molecule has 2 fully saturated rings. The SMILES string of the molecule is CCN(CC)C(=O)N1CCN(C(=O)C2CC(=O)N(c3cccc(C(F)(F)F)c3)C2)CC1. The lowest BCUT2D eigenvalue weighted by Crippen LogP contribution is -2.55. The van der Waals surface area contributed by atoms with Crippen LogP contribution in [-0.4, -0.2) is 78.4 Å². The average Bonchev–Trinajstić information content (AvgIpc) is 3.15. The lowest BCUT2D eigenvalue weighted by molar-refractivity contribution is -0.138. The Hall–Kier alpha value is -2.78. The van der Waals surface area contributed by atoms with Gasteiger partial charge in [0.15, 0.2) is 0 Å². The van der Waals surface area contributed by atoms with Gasteiger partial charge in [0.05, 0.1) is 11.5 Å². The predicted octanol–water partition coefficient (Wildman–Crippen LogP) is 2.66. The molecule has 1 atom stereocenters. The zero-order valence-electron chi connectivity index (χ0n) is 17.7. The van der Waals surface area contributed by atoms with Crippen LogP contribution in [0.3, 0.4) is 0 Å². The fraction of sp³-hybridized carbons (Fsp3) is 0.571. The smallest absolute Gasteiger partial charge is 0.339 e. The van der Waals surface area contributed by atoms with E-state index in [1.54, 1.807) is 14.7 Å². The molecule has 4 amide bonds. The van der Waals surface area contributed by atoms with Gasteiger partial charge < -0.3 is 19.6 Å². The van der Waals surface area contributed by atoms with Crippen molar-refractivity contribution in [3.8, 4) is 0 Å². The second-order valence-corrected chi connectivity index (χ2v) is 7.72. The molecule has 1 aromatic carbocycles. The standard InChI is InChI=1S/C21H27F3N4O3/c1-3-25(4-2)20(31)27-10-8-26(9-11-27)19(30)15-12-18(29)28(14-15)17-7-5-6-16(13-17)21(22,23)24/h5-7,13,15H,3-4,8-12,14H2,1-2H3. The number of hydrogen-bond acceptors (Lipinski definition) is 3. The molecule has 1 aromatic rings. The molecular formula is C21H27F3N4O3. The fourth-order valence-electron chi connectivity index (χ4n) is 4.04. The van der Waals surface area contributed by atoms with Crippen molar-refractivity contribution in [2.45, 2.75) is 26.4 Å². The second kappa shape index (κ2) is 9.15. The Kier molecular flexibility index (Phi) is 6.76. The van der Waals surface area contributed by atoms with Crippen molar-refractivity contribution in [2.75, 3.05) is 50.7 Å². The van der Waals surface area contributed by atoms with Crippen molar-refractivity contribution in [3.05, 3.63) is 29.8 Å². The number of rotatable bonds is 4. The molecule has 0 bridgehead atoms. The number of carbonyl (C=O) groups excluding carboxylic acids is 3. The molecule has 2 heterocycles. The van der Waals surface area contributed by atoms with Gasteiger partial charge in [-0.2, -0.15) is 13.2 Å². The van der Waals surface area contributed by atoms with E-state index in [0.29, 0.717) is 39.3 Å². The topological polar surface area (TPSA) is 64.2 Å². The molecule has 0 aromatic heterocycles. The lowest BCUT2D eigenvalue weighted by Gasteiger charge is -2.38. The number of anilines is 1. The second-order valence-electron chi connectivity index (χ2n) is 7.72. The lowest BCUT2D eigenvalue weighted by atomic mass is 10.1. The van der Waals surface area contributed by atoms with Gasteiger partial charge in [0.2, 0.25) is 11.8 Å². The molecule has 2 saturated heterocycles. The van der Waals surface area contributed by atoms with Gasteiger partial charge >= 0.3 is 12.2 Å². The van der Waals surface area contributed by atoms with Crippen LogP contribution in [0.25, 0.3) is 0 Å². The average molecular weight is 440 g/mol. The zero-order chi connectivity index (χ0) is 22.8. The van der Waals surface area contributed by atoms with Crippen LogP contribution in [0.2, 0.25) is 0 Å². The molecule has 3 rings (SSSR count). The van der Waals surface area contributed by atoms with Gasteiger partial charge in [0.25, 0.3) is 0 Å². The van der Waals surface area contributed by atoms with E-state index >= 15 is 0 Å². The molecule has 0 saturated carbocycles. The van der Waals surface area contributed by atoms with Gasteiger partial charge in [-0.3, -0.25) is 9.59 Å². The molecular weight excluding hydrogens is 413 g/mol. The Balaban J connectivity index is 1.61. The molecule has 2 aliphatic rings. The van der Waals surface area contributed by atoms with Crippen molar-refractivity contribution in [1.29, 1.82) is 0 Å². The van der Waals surface area contributed by atoms with Crippen LogP contribution < -0.4 is 4.90 Å². The Morgan fingerprint density at radius 3 is 2.26 bits per heavy atom. The summed E-state index contributed by atoms with van der Waals surface area (Å²) in [5.41, 5.74) is -0.689. The third kappa shape index (κ3) is 4.94. The first-order valence-electron chi connectivity index (χ1n) is 10.5. The Morgan fingerprint density at radius 1 is 1.06 bits per heavy atom. The number of carbonyl (C=O) groups is 3. The minimum absolute atomic E-state index is 0.0341. The summed E-state index contributed by atoms with van der Waals surface area (Å²) >= 11 is 0. The first kappa shape index (κ1) is 22.9. The van der Waals surface area contributed by atoms with Crippen molar-refractivity contribution >= 4 is 23.5 Å². The summed E-state index contributed by atoms with van der Waals surface area (Å²) in [5.74, 6) is -1.17. The number of urea groups is 1. The van der Waals surface area contributed by atoms with Gasteiger partial charge in [-0.25, -0.2) is 4.79 Å². The van der Waals surface area contributed by atoms with Crippen LogP contribution >= 0.6 is 0 Å². The van der Waals surface area contributed by atoms with Crippen molar-refractivity contribution in [1.82, 2.24) is 14.7 Å². The normalized spacial score (nSPS) is 19.7. The van der Waals surface area contributed by atoms with Gasteiger partial charge in [-0.1, -0.05) is 6.07 Å². The van der Waals surface area contributed by atoms with Gasteiger partial charge in [0.1, 0.15) is 0 Å². The highest BCUT2D eigenvalue weighted by Gasteiger charge is 2.39. The van der Waals surface area contributed by atoms with Crippen LogP contribution in [0.15, 0.2) is 24.3 Å². The quantitative estimate of drug-likeness (QED) is 0.723. The summed E-state index contributed by atoms with van der Waals surface area (Å²) in [6.45, 7) is 6.69. The third-order valence-electron chi connectivity index (χ3n) is 5.86. The largest absolute Gasteiger partial charge is 0.416 e. The fourth-order valence-corrected chi connectivity index (χ4v) is 4.04. The monoisotopic (exact) mass is 440 g/mol. The predicted molar refractivity (Wildman–Crippen MR) is 108 cm³/mol. The van der Waals surface area contributed by atoms with Crippen LogP contribution in [-0.2, 0) is 15.8 Å². The molecule has 10 heteroatoms. The molecule has 0 aliphatic carbocycles. The van der Waals surface area contributed by atoms with Gasteiger partial charge in [0, 0.05) is 57.9 Å². The van der Waals surface area contributed by atoms with Crippen LogP contribution in [0.5, 0.6) is 0 Å². The summed E-state index contributed by atoms with van der Waals surface area (Å²) in [6.07, 6.45) is -4.54. The molecule has 31 heavy (non-hydrogen) atoms. The van der Waals surface area contributed by atoms with E-state index in [9.17, 15) is 27.6 Å². The van der Waals surface area contributed by atoms with Gasteiger partial charge in [-0.05, 0) is 32.0 Å². The summed E-state index contributed by atoms with van der Waals surface area (Å²) in [7, 11) is 0. The molecule has 0 radical (unpaired) electrons. The van der Waals surface area contributed by atoms with Gasteiger partial charge in [-0.15, -0.1) is 0 Å². The van der Waals surface area contributed by atoms with E-state index < -0.39 is 17.7 Å². The molecule has 2 aliphatic heterocycles. The summed E-state index contributed by atoms with van der Waals surface area (Å²) in [6, 6.07) is 4.53. The Labute approximate surface area is 179 Å². The Morgan fingerprint density at radius 2 is 1.68 bits per heavy atom. The highest BCUT2D eigenvalue weighted by Crippen LogP contribution is 2.33. The van der Waals surface area contributed by atoms with Crippen molar-refractivity contribution in [2.24, 2.45) is 5.92 Å². The van der Waals surface area contributed by atoms with E-state index in [-0.39, 0.29) is 36.5 Å². The summed E-state index contributed by atoms with van der Waals surface area (Å²) in [5, 5.41) is 0. The van der Waals surface area contributed by atoms with E-state index in [2.05, 4.69) is 0 Å². The third-order valence-corrected chi connectivity index (χ3v) is 5.86. The number of nitrogens with zero attached hydrogens (tertiary/aromatic N) is 4. The van der Waals surface area contributed by atoms with Crippen molar-refractivity contribution in [3.63, 3.8) is 0 Å². The highest BCUT2D eigenvalue weighted by atomic mass is 19.4. The molecule has 7 nitrogen and oxygen atoms in total.